The molecule has 86 valence electrons. The van der Waals surface area contributed by atoms with E-state index in [0.29, 0.717) is 12.5 Å². The molecule has 2 aromatic heterocycles. The fraction of sp³-hybridized carbons (Fsp3) is 0.455. The van der Waals surface area contributed by atoms with Crippen LogP contribution in [0, 0.1) is 5.92 Å². The van der Waals surface area contributed by atoms with Crippen LogP contribution in [0.25, 0.3) is 10.7 Å². The van der Waals surface area contributed by atoms with Crippen LogP contribution in [-0.2, 0) is 13.5 Å². The minimum atomic E-state index is 0.444. The summed E-state index contributed by atoms with van der Waals surface area (Å²) >= 11 is 1.66. The molecule has 0 aliphatic rings. The number of aromatic nitrogens is 3. The average Bonchev–Trinajstić information content (AvgIpc) is 2.88. The van der Waals surface area contributed by atoms with Crippen LogP contribution in [0.15, 0.2) is 17.5 Å². The van der Waals surface area contributed by atoms with Crippen LogP contribution in [0.5, 0.6) is 0 Å². The van der Waals surface area contributed by atoms with Crippen molar-refractivity contribution in [1.82, 2.24) is 14.8 Å². The third kappa shape index (κ3) is 2.31. The minimum Gasteiger partial charge on any atom is -0.330 e. The zero-order valence-corrected chi connectivity index (χ0v) is 10.4. The van der Waals surface area contributed by atoms with Gasteiger partial charge in [-0.1, -0.05) is 13.0 Å². The SMILES string of the molecule is CC(CN)Cc1nc(-c2cccs2)nn1C. The molecule has 0 radical (unpaired) electrons. The van der Waals surface area contributed by atoms with Gasteiger partial charge in [0.2, 0.25) is 0 Å². The fourth-order valence-corrected chi connectivity index (χ4v) is 2.15. The first kappa shape index (κ1) is 11.3. The topological polar surface area (TPSA) is 56.7 Å². The van der Waals surface area contributed by atoms with E-state index in [1.54, 1.807) is 11.3 Å². The lowest BCUT2D eigenvalue weighted by molar-refractivity contribution is 0.550. The molecule has 0 aliphatic carbocycles. The zero-order valence-electron chi connectivity index (χ0n) is 9.55. The lowest BCUT2D eigenvalue weighted by Crippen LogP contribution is -2.15. The molecule has 0 saturated heterocycles. The molecule has 1 atom stereocenters. The molecule has 0 spiro atoms. The predicted molar refractivity (Wildman–Crippen MR) is 66.2 cm³/mol. The van der Waals surface area contributed by atoms with Crippen molar-refractivity contribution in [2.24, 2.45) is 18.7 Å². The van der Waals surface area contributed by atoms with Gasteiger partial charge in [-0.05, 0) is 23.9 Å². The second-order valence-electron chi connectivity index (χ2n) is 4.00. The first-order chi connectivity index (χ1) is 7.70. The van der Waals surface area contributed by atoms with Crippen molar-refractivity contribution < 1.29 is 0 Å². The van der Waals surface area contributed by atoms with Crippen molar-refractivity contribution in [2.75, 3.05) is 6.54 Å². The molecule has 16 heavy (non-hydrogen) atoms. The number of aryl methyl sites for hydroxylation is 1. The van der Waals surface area contributed by atoms with Crippen molar-refractivity contribution in [2.45, 2.75) is 13.3 Å². The summed E-state index contributed by atoms with van der Waals surface area (Å²) in [5.74, 6) is 2.26. The molecule has 0 saturated carbocycles. The Morgan fingerprint density at radius 3 is 3.00 bits per heavy atom. The van der Waals surface area contributed by atoms with Gasteiger partial charge in [0.15, 0.2) is 5.82 Å². The van der Waals surface area contributed by atoms with Crippen LogP contribution in [0.2, 0.25) is 0 Å². The van der Waals surface area contributed by atoms with Crippen LogP contribution in [-0.4, -0.2) is 21.3 Å². The van der Waals surface area contributed by atoms with Crippen LogP contribution in [0.3, 0.4) is 0 Å². The fourth-order valence-electron chi connectivity index (χ4n) is 1.50. The summed E-state index contributed by atoms with van der Waals surface area (Å²) in [5.41, 5.74) is 5.62. The molecule has 2 N–H and O–H groups in total. The monoisotopic (exact) mass is 236 g/mol. The van der Waals surface area contributed by atoms with E-state index in [1.807, 2.05) is 29.2 Å². The summed E-state index contributed by atoms with van der Waals surface area (Å²) < 4.78 is 1.85. The number of rotatable bonds is 4. The first-order valence-electron chi connectivity index (χ1n) is 5.34. The Labute approximate surface area is 99.1 Å². The van der Waals surface area contributed by atoms with Crippen molar-refractivity contribution >= 4 is 11.3 Å². The zero-order chi connectivity index (χ0) is 11.5. The molecule has 0 aromatic carbocycles. The van der Waals surface area contributed by atoms with E-state index in [-0.39, 0.29) is 0 Å². The highest BCUT2D eigenvalue weighted by Crippen LogP contribution is 2.21. The van der Waals surface area contributed by atoms with Gasteiger partial charge in [-0.15, -0.1) is 11.3 Å². The van der Waals surface area contributed by atoms with Gasteiger partial charge in [0.1, 0.15) is 5.82 Å². The van der Waals surface area contributed by atoms with E-state index in [2.05, 4.69) is 17.0 Å². The molecule has 0 bridgehead atoms. The lowest BCUT2D eigenvalue weighted by Gasteiger charge is -2.05. The molecule has 2 aromatic rings. The van der Waals surface area contributed by atoms with E-state index in [9.17, 15) is 0 Å². The number of thiophene rings is 1. The van der Waals surface area contributed by atoms with E-state index >= 15 is 0 Å². The number of hydrogen-bond acceptors (Lipinski definition) is 4. The molecule has 2 heterocycles. The Morgan fingerprint density at radius 1 is 1.56 bits per heavy atom. The van der Waals surface area contributed by atoms with Crippen LogP contribution in [0.1, 0.15) is 12.7 Å². The third-order valence-corrected chi connectivity index (χ3v) is 3.39. The van der Waals surface area contributed by atoms with Crippen molar-refractivity contribution in [3.05, 3.63) is 23.3 Å². The summed E-state index contributed by atoms with van der Waals surface area (Å²) in [6.45, 7) is 2.81. The van der Waals surface area contributed by atoms with Gasteiger partial charge in [0, 0.05) is 13.5 Å². The van der Waals surface area contributed by atoms with Crippen LogP contribution < -0.4 is 5.73 Å². The van der Waals surface area contributed by atoms with Gasteiger partial charge in [-0.3, -0.25) is 4.68 Å². The van der Waals surface area contributed by atoms with Gasteiger partial charge in [0.05, 0.1) is 4.88 Å². The maximum Gasteiger partial charge on any atom is 0.191 e. The third-order valence-electron chi connectivity index (χ3n) is 2.53. The quantitative estimate of drug-likeness (QED) is 0.878. The molecule has 0 amide bonds. The standard InChI is InChI=1S/C11H16N4S/c1-8(7-12)6-10-13-11(14-15(10)2)9-4-3-5-16-9/h3-5,8H,6-7,12H2,1-2H3. The molecule has 2 rings (SSSR count). The molecule has 0 fully saturated rings. The Hall–Kier alpha value is -1.20. The second kappa shape index (κ2) is 4.76. The lowest BCUT2D eigenvalue weighted by atomic mass is 10.1. The van der Waals surface area contributed by atoms with E-state index in [0.717, 1.165) is 22.9 Å². The van der Waals surface area contributed by atoms with Crippen LogP contribution in [0.4, 0.5) is 0 Å². The van der Waals surface area contributed by atoms with E-state index in [1.165, 1.54) is 0 Å². The molecule has 0 aliphatic heterocycles. The van der Waals surface area contributed by atoms with E-state index in [4.69, 9.17) is 5.73 Å². The normalized spacial score (nSPS) is 12.9. The molecule has 1 unspecified atom stereocenters. The highest BCUT2D eigenvalue weighted by molar-refractivity contribution is 7.13. The predicted octanol–water partition coefficient (Wildman–Crippen LogP) is 1.68. The molecule has 5 heteroatoms. The van der Waals surface area contributed by atoms with Gasteiger partial charge in [-0.2, -0.15) is 5.10 Å². The summed E-state index contributed by atoms with van der Waals surface area (Å²) in [7, 11) is 1.93. The number of nitrogens with zero attached hydrogens (tertiary/aromatic N) is 3. The minimum absolute atomic E-state index is 0.444. The van der Waals surface area contributed by atoms with Crippen LogP contribution >= 0.6 is 11.3 Å². The van der Waals surface area contributed by atoms with Crippen molar-refractivity contribution in [3.63, 3.8) is 0 Å². The number of hydrogen-bond donors (Lipinski definition) is 1. The molecular formula is C11H16N4S. The Bertz CT molecular complexity index is 447. The highest BCUT2D eigenvalue weighted by atomic mass is 32.1. The maximum absolute atomic E-state index is 5.62. The molecule has 4 nitrogen and oxygen atoms in total. The number of nitrogens with two attached hydrogens (primary N) is 1. The Kier molecular flexibility index (Phi) is 3.36. The average molecular weight is 236 g/mol. The Morgan fingerprint density at radius 2 is 2.38 bits per heavy atom. The smallest absolute Gasteiger partial charge is 0.191 e. The first-order valence-corrected chi connectivity index (χ1v) is 6.22. The Balaban J connectivity index is 2.22. The second-order valence-corrected chi connectivity index (χ2v) is 4.95. The largest absolute Gasteiger partial charge is 0.330 e. The highest BCUT2D eigenvalue weighted by Gasteiger charge is 2.12. The summed E-state index contributed by atoms with van der Waals surface area (Å²) in [6, 6.07) is 4.05. The van der Waals surface area contributed by atoms with E-state index < -0.39 is 0 Å². The van der Waals surface area contributed by atoms with Gasteiger partial charge in [0.25, 0.3) is 0 Å². The summed E-state index contributed by atoms with van der Waals surface area (Å²) in [4.78, 5) is 5.66. The van der Waals surface area contributed by atoms with Gasteiger partial charge < -0.3 is 5.73 Å². The van der Waals surface area contributed by atoms with Crippen molar-refractivity contribution in [1.29, 1.82) is 0 Å². The summed E-state index contributed by atoms with van der Waals surface area (Å²) in [6.07, 6.45) is 0.880. The summed E-state index contributed by atoms with van der Waals surface area (Å²) in [5, 5.41) is 6.45. The molecular weight excluding hydrogens is 220 g/mol. The van der Waals surface area contributed by atoms with Gasteiger partial charge in [-0.25, -0.2) is 4.98 Å². The maximum atomic E-state index is 5.62. The van der Waals surface area contributed by atoms with Crippen molar-refractivity contribution in [3.8, 4) is 10.7 Å². The van der Waals surface area contributed by atoms with Gasteiger partial charge >= 0.3 is 0 Å².